The maximum atomic E-state index is 12.8. The van der Waals surface area contributed by atoms with E-state index in [0.29, 0.717) is 18.0 Å². The minimum absolute atomic E-state index is 0.217. The molecule has 0 fully saturated rings. The Labute approximate surface area is 197 Å². The van der Waals surface area contributed by atoms with Crippen molar-refractivity contribution in [3.63, 3.8) is 0 Å². The van der Waals surface area contributed by atoms with Gasteiger partial charge in [-0.2, -0.15) is 0 Å². The molecule has 0 saturated carbocycles. The van der Waals surface area contributed by atoms with Crippen molar-refractivity contribution >= 4 is 35.0 Å². The molecule has 3 aromatic rings. The van der Waals surface area contributed by atoms with Gasteiger partial charge in [-0.05, 0) is 41.7 Å². The molecular weight excluding hydrogens is 447 g/mol. The summed E-state index contributed by atoms with van der Waals surface area (Å²) in [6.45, 7) is 5.11. The van der Waals surface area contributed by atoms with Gasteiger partial charge in [-0.3, -0.25) is 9.59 Å². The van der Waals surface area contributed by atoms with Crippen molar-refractivity contribution in [1.29, 1.82) is 0 Å². The Bertz CT molecular complexity index is 1050. The molecule has 0 radical (unpaired) electrons. The minimum Gasteiger partial charge on any atom is -0.350 e. The fraction of sp³-hybridized carbons (Fsp3) is 0.292. The zero-order chi connectivity index (χ0) is 23.1. The fourth-order valence-electron chi connectivity index (χ4n) is 3.28. The lowest BCUT2D eigenvalue weighted by atomic mass is 10.0. The number of rotatable bonds is 9. The number of nitrogens with zero attached hydrogens (tertiary/aromatic N) is 2. The quantitative estimate of drug-likeness (QED) is 0.473. The van der Waals surface area contributed by atoms with Gasteiger partial charge in [0, 0.05) is 30.5 Å². The van der Waals surface area contributed by atoms with Gasteiger partial charge in [0.05, 0.1) is 16.9 Å². The monoisotopic (exact) mass is 472 g/mol. The molecule has 6 nitrogen and oxygen atoms in total. The maximum absolute atomic E-state index is 12.8. The first-order valence-electron chi connectivity index (χ1n) is 10.4. The number of carbonyl (C=O) groups is 2. The number of imidazole rings is 1. The molecule has 1 heterocycles. The first kappa shape index (κ1) is 23.8. The van der Waals surface area contributed by atoms with Crippen LogP contribution in [0.2, 0.25) is 10.0 Å². The second-order valence-corrected chi connectivity index (χ2v) is 8.89. The Hall–Kier alpha value is -2.83. The van der Waals surface area contributed by atoms with Crippen LogP contribution in [0.25, 0.3) is 0 Å². The molecule has 3 rings (SSSR count). The van der Waals surface area contributed by atoms with Crippen molar-refractivity contribution in [2.75, 3.05) is 0 Å². The second-order valence-electron chi connectivity index (χ2n) is 8.05. The van der Waals surface area contributed by atoms with Crippen molar-refractivity contribution in [1.82, 2.24) is 20.2 Å². The van der Waals surface area contributed by atoms with Gasteiger partial charge >= 0.3 is 0 Å². The van der Waals surface area contributed by atoms with E-state index in [2.05, 4.69) is 15.6 Å². The van der Waals surface area contributed by atoms with Crippen LogP contribution >= 0.6 is 23.2 Å². The number of hydrogen-bond donors (Lipinski definition) is 2. The highest BCUT2D eigenvalue weighted by atomic mass is 35.5. The van der Waals surface area contributed by atoms with Crippen molar-refractivity contribution in [3.8, 4) is 0 Å². The zero-order valence-corrected chi connectivity index (χ0v) is 19.5. The topological polar surface area (TPSA) is 76.0 Å². The average molecular weight is 473 g/mol. The largest absolute Gasteiger partial charge is 0.350 e. The molecule has 0 aliphatic heterocycles. The molecule has 1 atom stereocenters. The Balaban J connectivity index is 1.59. The van der Waals surface area contributed by atoms with Crippen molar-refractivity contribution in [2.45, 2.75) is 39.4 Å². The summed E-state index contributed by atoms with van der Waals surface area (Å²) in [6.07, 6.45) is 5.94. The highest BCUT2D eigenvalue weighted by molar-refractivity contribution is 6.36. The molecule has 0 aliphatic carbocycles. The molecule has 0 bridgehead atoms. The lowest BCUT2D eigenvalue weighted by molar-refractivity contribution is -0.123. The van der Waals surface area contributed by atoms with Crippen LogP contribution in [0.15, 0.2) is 61.2 Å². The molecule has 2 N–H and O–H groups in total. The third-order valence-electron chi connectivity index (χ3n) is 4.92. The zero-order valence-electron chi connectivity index (χ0n) is 18.0. The molecule has 168 valence electrons. The molecule has 0 spiro atoms. The standard InChI is InChI=1S/C24H26Cl2N4O2/c1-16(2)11-22(29-23(31)20-8-7-19(25)12-21(20)26)24(32)28-13-17-3-5-18(6-4-17)14-30-10-9-27-15-30/h3-10,12,15-16,22H,11,13-14H2,1-2H3,(H,28,32)(H,29,31). The van der Waals surface area contributed by atoms with Crippen molar-refractivity contribution in [2.24, 2.45) is 5.92 Å². The second kappa shape index (κ2) is 11.2. The van der Waals surface area contributed by atoms with Gasteiger partial charge in [-0.15, -0.1) is 0 Å². The van der Waals surface area contributed by atoms with E-state index in [1.54, 1.807) is 24.7 Å². The van der Waals surface area contributed by atoms with Gasteiger partial charge in [-0.25, -0.2) is 4.98 Å². The third-order valence-corrected chi connectivity index (χ3v) is 5.47. The molecular formula is C24H26Cl2N4O2. The Morgan fingerprint density at radius 3 is 2.41 bits per heavy atom. The fourth-order valence-corrected chi connectivity index (χ4v) is 3.77. The number of halogens is 2. The summed E-state index contributed by atoms with van der Waals surface area (Å²) in [5, 5.41) is 6.42. The summed E-state index contributed by atoms with van der Waals surface area (Å²) in [5.74, 6) is -0.426. The van der Waals surface area contributed by atoms with E-state index in [-0.39, 0.29) is 22.4 Å². The van der Waals surface area contributed by atoms with Crippen molar-refractivity contribution < 1.29 is 9.59 Å². The van der Waals surface area contributed by atoms with E-state index >= 15 is 0 Å². The molecule has 0 aliphatic rings. The maximum Gasteiger partial charge on any atom is 0.253 e. The molecule has 8 heteroatoms. The molecule has 0 saturated heterocycles. The van der Waals surface area contributed by atoms with Crippen molar-refractivity contribution in [3.05, 3.63) is 87.9 Å². The normalized spacial score (nSPS) is 11.9. The van der Waals surface area contributed by atoms with Crippen LogP contribution in [-0.4, -0.2) is 27.4 Å². The molecule has 2 amide bonds. The summed E-state index contributed by atoms with van der Waals surface area (Å²) in [6, 6.07) is 12.0. The Morgan fingerprint density at radius 1 is 1.06 bits per heavy atom. The number of aromatic nitrogens is 2. The SMILES string of the molecule is CC(C)CC(NC(=O)c1ccc(Cl)cc1Cl)C(=O)NCc1ccc(Cn2ccnc2)cc1. The number of amides is 2. The van der Waals surface area contributed by atoms with Gasteiger partial charge in [-0.1, -0.05) is 61.3 Å². The number of carbonyl (C=O) groups excluding carboxylic acids is 2. The van der Waals surface area contributed by atoms with Crippen LogP contribution in [0.3, 0.4) is 0 Å². The van der Waals surface area contributed by atoms with E-state index in [4.69, 9.17) is 23.2 Å². The van der Waals surface area contributed by atoms with Gasteiger partial charge in [0.2, 0.25) is 5.91 Å². The van der Waals surface area contributed by atoms with E-state index in [9.17, 15) is 9.59 Å². The Morgan fingerprint density at radius 2 is 1.78 bits per heavy atom. The highest BCUT2D eigenvalue weighted by Gasteiger charge is 2.23. The first-order chi connectivity index (χ1) is 15.3. The summed E-state index contributed by atoms with van der Waals surface area (Å²) >= 11 is 12.0. The number of hydrogen-bond acceptors (Lipinski definition) is 3. The third kappa shape index (κ3) is 6.84. The van der Waals surface area contributed by atoms with E-state index in [1.807, 2.05) is 48.9 Å². The van der Waals surface area contributed by atoms with Crippen LogP contribution in [0.4, 0.5) is 0 Å². The van der Waals surface area contributed by atoms with E-state index in [0.717, 1.165) is 17.7 Å². The lowest BCUT2D eigenvalue weighted by Crippen LogP contribution is -2.47. The van der Waals surface area contributed by atoms with Crippen LogP contribution in [-0.2, 0) is 17.9 Å². The summed E-state index contributed by atoms with van der Waals surface area (Å²) in [4.78, 5) is 29.6. The van der Waals surface area contributed by atoms with Gasteiger partial charge in [0.25, 0.3) is 5.91 Å². The molecule has 32 heavy (non-hydrogen) atoms. The van der Waals surface area contributed by atoms with Crippen LogP contribution in [0, 0.1) is 5.92 Å². The van der Waals surface area contributed by atoms with Crippen LogP contribution in [0.5, 0.6) is 0 Å². The lowest BCUT2D eigenvalue weighted by Gasteiger charge is -2.20. The number of benzene rings is 2. The number of nitrogens with one attached hydrogen (secondary N) is 2. The van der Waals surface area contributed by atoms with Crippen LogP contribution in [0.1, 0.15) is 41.8 Å². The van der Waals surface area contributed by atoms with Crippen LogP contribution < -0.4 is 10.6 Å². The molecule has 1 unspecified atom stereocenters. The predicted molar refractivity (Wildman–Crippen MR) is 127 cm³/mol. The van der Waals surface area contributed by atoms with E-state index in [1.165, 1.54) is 6.07 Å². The van der Waals surface area contributed by atoms with E-state index < -0.39 is 11.9 Å². The highest BCUT2D eigenvalue weighted by Crippen LogP contribution is 2.21. The minimum atomic E-state index is -0.672. The first-order valence-corrected chi connectivity index (χ1v) is 11.1. The predicted octanol–water partition coefficient (Wildman–Crippen LogP) is 4.70. The van der Waals surface area contributed by atoms with Gasteiger partial charge in [0.1, 0.15) is 6.04 Å². The summed E-state index contributed by atoms with van der Waals surface area (Å²) in [5.41, 5.74) is 2.40. The Kier molecular flexibility index (Phi) is 8.31. The average Bonchev–Trinajstić information content (AvgIpc) is 3.25. The smallest absolute Gasteiger partial charge is 0.253 e. The van der Waals surface area contributed by atoms with Gasteiger partial charge < -0.3 is 15.2 Å². The summed E-state index contributed by atoms with van der Waals surface area (Å²) < 4.78 is 1.99. The summed E-state index contributed by atoms with van der Waals surface area (Å²) in [7, 11) is 0. The van der Waals surface area contributed by atoms with Gasteiger partial charge in [0.15, 0.2) is 0 Å². The molecule has 1 aromatic heterocycles. The molecule has 2 aromatic carbocycles.